The van der Waals surface area contributed by atoms with E-state index in [1.54, 1.807) is 24.3 Å². The number of fused-ring (bicyclic) bond motifs is 1. The second-order valence-corrected chi connectivity index (χ2v) is 6.71. The van der Waals surface area contributed by atoms with Gasteiger partial charge in [0.15, 0.2) is 0 Å². The molecule has 0 saturated carbocycles. The molecule has 0 fully saturated rings. The predicted octanol–water partition coefficient (Wildman–Crippen LogP) is 1.88. The highest BCUT2D eigenvalue weighted by Gasteiger charge is 2.31. The fraction of sp³-hybridized carbons (Fsp3) is 0.200. The van der Waals surface area contributed by atoms with E-state index in [1.165, 1.54) is 4.31 Å². The molecule has 0 atom stereocenters. The van der Waals surface area contributed by atoms with Crippen LogP contribution in [0.3, 0.4) is 0 Å². The summed E-state index contributed by atoms with van der Waals surface area (Å²) >= 11 is 0. The minimum Gasteiger partial charge on any atom is -0.392 e. The lowest BCUT2D eigenvalue weighted by Gasteiger charge is -2.17. The lowest BCUT2D eigenvalue weighted by atomic mass is 10.1. The van der Waals surface area contributed by atoms with Gasteiger partial charge in [-0.1, -0.05) is 42.5 Å². The molecule has 1 N–H and O–H groups in total. The van der Waals surface area contributed by atoms with Crippen LogP contribution in [-0.4, -0.2) is 17.8 Å². The van der Waals surface area contributed by atoms with Gasteiger partial charge in [0.2, 0.25) is 10.0 Å². The second-order valence-electron chi connectivity index (χ2n) is 4.81. The van der Waals surface area contributed by atoms with Crippen molar-refractivity contribution < 1.29 is 13.5 Å². The van der Waals surface area contributed by atoms with E-state index in [-0.39, 0.29) is 11.5 Å². The number of aliphatic hydroxyl groups is 1. The van der Waals surface area contributed by atoms with Gasteiger partial charge in [0, 0.05) is 13.1 Å². The van der Waals surface area contributed by atoms with Crippen molar-refractivity contribution in [1.82, 2.24) is 4.31 Å². The first-order valence-electron chi connectivity index (χ1n) is 6.38. The van der Waals surface area contributed by atoms with Crippen molar-refractivity contribution in [3.05, 3.63) is 65.2 Å². The van der Waals surface area contributed by atoms with E-state index >= 15 is 0 Å². The molecule has 3 rings (SSSR count). The lowest BCUT2D eigenvalue weighted by Crippen LogP contribution is -2.26. The standard InChI is InChI=1S/C15H15NO3S/c17-11-14-7-3-4-8-15(14)20(18,19)16-9-12-5-1-2-6-13(12)10-16/h1-8,17H,9-11H2. The molecule has 0 bridgehead atoms. The van der Waals surface area contributed by atoms with Gasteiger partial charge < -0.3 is 5.11 Å². The smallest absolute Gasteiger partial charge is 0.244 e. The van der Waals surface area contributed by atoms with Crippen LogP contribution < -0.4 is 0 Å². The quantitative estimate of drug-likeness (QED) is 0.938. The van der Waals surface area contributed by atoms with Crippen molar-refractivity contribution in [2.75, 3.05) is 0 Å². The average Bonchev–Trinajstić information content (AvgIpc) is 2.92. The van der Waals surface area contributed by atoms with Crippen molar-refractivity contribution in [3.8, 4) is 0 Å². The third-order valence-corrected chi connectivity index (χ3v) is 5.46. The third-order valence-electron chi connectivity index (χ3n) is 3.57. The van der Waals surface area contributed by atoms with E-state index in [1.807, 2.05) is 24.3 Å². The molecule has 0 aliphatic carbocycles. The zero-order chi connectivity index (χ0) is 14.2. The number of benzene rings is 2. The summed E-state index contributed by atoms with van der Waals surface area (Å²) in [7, 11) is -3.58. The van der Waals surface area contributed by atoms with Gasteiger partial charge in [-0.15, -0.1) is 0 Å². The summed E-state index contributed by atoms with van der Waals surface area (Å²) in [5.41, 5.74) is 2.51. The zero-order valence-electron chi connectivity index (χ0n) is 10.9. The van der Waals surface area contributed by atoms with Crippen molar-refractivity contribution in [1.29, 1.82) is 0 Å². The fourth-order valence-corrected chi connectivity index (χ4v) is 4.11. The van der Waals surface area contributed by atoms with Crippen LogP contribution in [0.4, 0.5) is 0 Å². The molecule has 0 saturated heterocycles. The van der Waals surface area contributed by atoms with Crippen LogP contribution in [-0.2, 0) is 29.7 Å². The third kappa shape index (κ3) is 2.14. The SMILES string of the molecule is O=S(=O)(c1ccccc1CO)N1Cc2ccccc2C1. The molecular formula is C15H15NO3S. The monoisotopic (exact) mass is 289 g/mol. The summed E-state index contributed by atoms with van der Waals surface area (Å²) in [5, 5.41) is 9.32. The normalized spacial score (nSPS) is 15.2. The molecule has 0 spiro atoms. The van der Waals surface area contributed by atoms with Gasteiger partial charge in [0.05, 0.1) is 11.5 Å². The minimum atomic E-state index is -3.58. The highest BCUT2D eigenvalue weighted by atomic mass is 32.2. The molecule has 0 amide bonds. The number of nitrogens with zero attached hydrogens (tertiary/aromatic N) is 1. The Morgan fingerprint density at radius 2 is 1.50 bits per heavy atom. The van der Waals surface area contributed by atoms with Crippen LogP contribution >= 0.6 is 0 Å². The van der Waals surface area contributed by atoms with Crippen molar-refractivity contribution in [3.63, 3.8) is 0 Å². The summed E-state index contributed by atoms with van der Waals surface area (Å²) < 4.78 is 26.8. The Bertz CT molecular complexity index is 715. The molecule has 104 valence electrons. The van der Waals surface area contributed by atoms with Crippen LogP contribution in [0.2, 0.25) is 0 Å². The highest BCUT2D eigenvalue weighted by Crippen LogP contribution is 2.29. The first kappa shape index (κ1) is 13.3. The summed E-state index contributed by atoms with van der Waals surface area (Å²) in [6.45, 7) is 0.493. The van der Waals surface area contributed by atoms with Crippen LogP contribution in [0.1, 0.15) is 16.7 Å². The van der Waals surface area contributed by atoms with Crippen LogP contribution in [0.5, 0.6) is 0 Å². The molecule has 2 aromatic rings. The topological polar surface area (TPSA) is 57.6 Å². The van der Waals surface area contributed by atoms with Crippen LogP contribution in [0.15, 0.2) is 53.4 Å². The minimum absolute atomic E-state index is 0.190. The molecule has 4 nitrogen and oxygen atoms in total. The lowest BCUT2D eigenvalue weighted by molar-refractivity contribution is 0.278. The van der Waals surface area contributed by atoms with Crippen LogP contribution in [0, 0.1) is 0 Å². The van der Waals surface area contributed by atoms with E-state index in [2.05, 4.69) is 0 Å². The molecule has 0 radical (unpaired) electrons. The number of aliphatic hydroxyl groups excluding tert-OH is 1. The van der Waals surface area contributed by atoms with E-state index in [9.17, 15) is 13.5 Å². The molecule has 1 aliphatic heterocycles. The molecule has 1 heterocycles. The fourth-order valence-electron chi connectivity index (χ4n) is 2.50. The number of hydrogen-bond donors (Lipinski definition) is 1. The number of sulfonamides is 1. The first-order valence-corrected chi connectivity index (χ1v) is 7.82. The molecule has 5 heteroatoms. The second kappa shape index (κ2) is 5.01. The van der Waals surface area contributed by atoms with Crippen molar-refractivity contribution in [2.45, 2.75) is 24.6 Å². The maximum absolute atomic E-state index is 12.7. The number of hydrogen-bond acceptors (Lipinski definition) is 3. The Morgan fingerprint density at radius 3 is 2.10 bits per heavy atom. The number of rotatable bonds is 3. The summed E-state index contributed by atoms with van der Waals surface area (Å²) in [5.74, 6) is 0. The Morgan fingerprint density at radius 1 is 0.950 bits per heavy atom. The maximum atomic E-state index is 12.7. The van der Waals surface area contributed by atoms with Crippen molar-refractivity contribution >= 4 is 10.0 Å². The van der Waals surface area contributed by atoms with Gasteiger partial charge in [0.25, 0.3) is 0 Å². The zero-order valence-corrected chi connectivity index (χ0v) is 11.7. The van der Waals surface area contributed by atoms with Gasteiger partial charge in [-0.2, -0.15) is 4.31 Å². The van der Waals surface area contributed by atoms with Gasteiger partial charge in [-0.05, 0) is 22.8 Å². The molecule has 2 aromatic carbocycles. The predicted molar refractivity (Wildman–Crippen MR) is 75.2 cm³/mol. The van der Waals surface area contributed by atoms with Gasteiger partial charge >= 0.3 is 0 Å². The van der Waals surface area contributed by atoms with E-state index < -0.39 is 10.0 Å². The van der Waals surface area contributed by atoms with Gasteiger partial charge in [0.1, 0.15) is 0 Å². The largest absolute Gasteiger partial charge is 0.392 e. The first-order chi connectivity index (χ1) is 9.63. The van der Waals surface area contributed by atoms with Gasteiger partial charge in [-0.3, -0.25) is 0 Å². The molecule has 0 aromatic heterocycles. The maximum Gasteiger partial charge on any atom is 0.244 e. The molecule has 20 heavy (non-hydrogen) atoms. The average molecular weight is 289 g/mol. The Labute approximate surface area is 118 Å². The summed E-state index contributed by atoms with van der Waals surface area (Å²) in [4.78, 5) is 0.190. The van der Waals surface area contributed by atoms with Crippen LogP contribution in [0.25, 0.3) is 0 Å². The Hall–Kier alpha value is -1.69. The van der Waals surface area contributed by atoms with Crippen molar-refractivity contribution in [2.24, 2.45) is 0 Å². The molecule has 0 unspecified atom stereocenters. The Kier molecular flexibility index (Phi) is 3.33. The van der Waals surface area contributed by atoms with E-state index in [0.29, 0.717) is 18.7 Å². The summed E-state index contributed by atoms with van der Waals surface area (Å²) in [6, 6.07) is 14.3. The molecular weight excluding hydrogens is 274 g/mol. The van der Waals surface area contributed by atoms with E-state index in [4.69, 9.17) is 0 Å². The Balaban J connectivity index is 1.99. The highest BCUT2D eigenvalue weighted by molar-refractivity contribution is 7.89. The molecule has 1 aliphatic rings. The summed E-state index contributed by atoms with van der Waals surface area (Å²) in [6.07, 6.45) is 0. The van der Waals surface area contributed by atoms with E-state index in [0.717, 1.165) is 11.1 Å². The van der Waals surface area contributed by atoms with Gasteiger partial charge in [-0.25, -0.2) is 8.42 Å².